The highest BCUT2D eigenvalue weighted by Crippen LogP contribution is 1.89. The topological polar surface area (TPSA) is 90.9 Å². The van der Waals surface area contributed by atoms with Crippen molar-refractivity contribution in [1.82, 2.24) is 5.32 Å². The fourth-order valence-electron chi connectivity index (χ4n) is 0.880. The molecule has 1 unspecified atom stereocenters. The van der Waals surface area contributed by atoms with E-state index >= 15 is 0 Å². The third-order valence-electron chi connectivity index (χ3n) is 1.65. The predicted octanol–water partition coefficient (Wildman–Crippen LogP) is -0.126. The molecule has 1 atom stereocenters. The van der Waals surface area contributed by atoms with Gasteiger partial charge in [0.25, 0.3) is 0 Å². The van der Waals surface area contributed by atoms with Gasteiger partial charge < -0.3 is 21.4 Å². The maximum absolute atomic E-state index is 8.92. The summed E-state index contributed by atoms with van der Waals surface area (Å²) in [5, 5.41) is 23.1. The number of rotatable bonds is 7. The molecule has 5 N–H and O–H groups in total. The first-order valence-corrected chi connectivity index (χ1v) is 4.52. The van der Waals surface area contributed by atoms with Gasteiger partial charge in [-0.3, -0.25) is 0 Å². The molecule has 0 bridgehead atoms. The first kappa shape index (κ1) is 12.2. The average molecular weight is 189 g/mol. The van der Waals surface area contributed by atoms with Gasteiger partial charge in [-0.15, -0.1) is 0 Å². The Morgan fingerprint density at radius 3 is 2.77 bits per heavy atom. The number of nitrogens with two attached hydrogens (primary N) is 1. The first-order chi connectivity index (χ1) is 6.16. The first-order valence-electron chi connectivity index (χ1n) is 4.52. The van der Waals surface area contributed by atoms with Crippen LogP contribution in [0.2, 0.25) is 0 Å². The fourth-order valence-corrected chi connectivity index (χ4v) is 0.880. The lowest BCUT2D eigenvalue weighted by Gasteiger charge is -2.05. The van der Waals surface area contributed by atoms with E-state index in [1.165, 1.54) is 0 Å². The van der Waals surface area contributed by atoms with Crippen LogP contribution in [0.5, 0.6) is 0 Å². The summed E-state index contributed by atoms with van der Waals surface area (Å²) in [6, 6.07) is 0. The Kier molecular flexibility index (Phi) is 7.33. The lowest BCUT2D eigenvalue weighted by molar-refractivity contribution is 0.184. The van der Waals surface area contributed by atoms with Gasteiger partial charge in [0, 0.05) is 6.42 Å². The van der Waals surface area contributed by atoms with Crippen LogP contribution < -0.4 is 11.1 Å². The highest BCUT2D eigenvalue weighted by Gasteiger charge is 1.95. The molecule has 0 saturated heterocycles. The molecule has 0 aromatic rings. The van der Waals surface area contributed by atoms with Crippen molar-refractivity contribution < 1.29 is 10.3 Å². The number of aliphatic hydroxyl groups is 1. The highest BCUT2D eigenvalue weighted by atomic mass is 16.4. The van der Waals surface area contributed by atoms with E-state index in [-0.39, 0.29) is 11.9 Å². The summed E-state index contributed by atoms with van der Waals surface area (Å²) in [4.78, 5) is 0. The molecular weight excluding hydrogens is 170 g/mol. The molecule has 0 aliphatic carbocycles. The van der Waals surface area contributed by atoms with Crippen molar-refractivity contribution >= 4 is 5.84 Å². The average Bonchev–Trinajstić information content (AvgIpc) is 2.10. The Balaban J connectivity index is 3.09. The van der Waals surface area contributed by atoms with Crippen molar-refractivity contribution in [1.29, 1.82) is 0 Å². The third kappa shape index (κ3) is 9.10. The zero-order chi connectivity index (χ0) is 10.1. The van der Waals surface area contributed by atoms with Crippen LogP contribution in [0.4, 0.5) is 0 Å². The molecule has 0 heterocycles. The third-order valence-corrected chi connectivity index (χ3v) is 1.65. The predicted molar refractivity (Wildman–Crippen MR) is 51.8 cm³/mol. The van der Waals surface area contributed by atoms with E-state index in [0.717, 1.165) is 25.9 Å². The monoisotopic (exact) mass is 189 g/mol. The van der Waals surface area contributed by atoms with Gasteiger partial charge in [0.2, 0.25) is 0 Å². The molecule has 5 heteroatoms. The second-order valence-corrected chi connectivity index (χ2v) is 3.08. The number of nitrogens with one attached hydrogen (secondary N) is 1. The van der Waals surface area contributed by atoms with Crippen molar-refractivity contribution in [3.05, 3.63) is 0 Å². The molecule has 78 valence electrons. The zero-order valence-corrected chi connectivity index (χ0v) is 8.03. The van der Waals surface area contributed by atoms with Crippen molar-refractivity contribution in [2.24, 2.45) is 10.9 Å². The van der Waals surface area contributed by atoms with Crippen LogP contribution in [0.15, 0.2) is 5.16 Å². The normalized spacial score (nSPS) is 14.5. The van der Waals surface area contributed by atoms with Crippen LogP contribution in [0, 0.1) is 0 Å². The van der Waals surface area contributed by atoms with E-state index in [4.69, 9.17) is 16.0 Å². The van der Waals surface area contributed by atoms with Gasteiger partial charge in [-0.05, 0) is 32.9 Å². The summed E-state index contributed by atoms with van der Waals surface area (Å²) in [7, 11) is 0. The second-order valence-electron chi connectivity index (χ2n) is 3.08. The minimum Gasteiger partial charge on any atom is -0.409 e. The highest BCUT2D eigenvalue weighted by molar-refractivity contribution is 5.79. The van der Waals surface area contributed by atoms with Crippen LogP contribution in [0.3, 0.4) is 0 Å². The summed E-state index contributed by atoms with van der Waals surface area (Å²) in [6.07, 6.45) is 1.94. The van der Waals surface area contributed by atoms with Gasteiger partial charge in [-0.25, -0.2) is 0 Å². The van der Waals surface area contributed by atoms with Crippen LogP contribution in [0.1, 0.15) is 26.2 Å². The molecule has 0 aliphatic rings. The Labute approximate surface area is 78.6 Å². The van der Waals surface area contributed by atoms with Gasteiger partial charge in [0.15, 0.2) is 0 Å². The molecule has 0 spiro atoms. The molecule has 0 aromatic heterocycles. The van der Waals surface area contributed by atoms with Crippen LogP contribution in [-0.2, 0) is 0 Å². The summed E-state index contributed by atoms with van der Waals surface area (Å²) in [6.45, 7) is 3.38. The number of oxime groups is 1. The number of hydrogen-bond acceptors (Lipinski definition) is 4. The van der Waals surface area contributed by atoms with Gasteiger partial charge in [-0.2, -0.15) is 0 Å². The minimum atomic E-state index is -0.253. The smallest absolute Gasteiger partial charge is 0.139 e. The van der Waals surface area contributed by atoms with E-state index in [2.05, 4.69) is 10.5 Å². The number of hydrogen-bond donors (Lipinski definition) is 4. The van der Waals surface area contributed by atoms with Crippen molar-refractivity contribution in [2.75, 3.05) is 13.1 Å². The maximum atomic E-state index is 8.92. The van der Waals surface area contributed by atoms with E-state index in [0.29, 0.717) is 6.42 Å². The minimum absolute atomic E-state index is 0.253. The lowest BCUT2D eigenvalue weighted by atomic mass is 10.2. The van der Waals surface area contributed by atoms with Crippen LogP contribution in [0.25, 0.3) is 0 Å². The molecule has 0 radical (unpaired) electrons. The van der Waals surface area contributed by atoms with Gasteiger partial charge in [-0.1, -0.05) is 5.16 Å². The Morgan fingerprint density at radius 2 is 2.23 bits per heavy atom. The summed E-state index contributed by atoms with van der Waals surface area (Å²) in [5.41, 5.74) is 5.27. The van der Waals surface area contributed by atoms with Crippen LogP contribution >= 0.6 is 0 Å². The molecule has 0 aromatic carbocycles. The molecular formula is C8H19N3O2. The number of aliphatic hydroxyl groups excluding tert-OH is 1. The van der Waals surface area contributed by atoms with E-state index in [9.17, 15) is 0 Å². The Bertz CT molecular complexity index is 148. The van der Waals surface area contributed by atoms with Gasteiger partial charge >= 0.3 is 0 Å². The molecule has 5 nitrogen and oxygen atoms in total. The zero-order valence-electron chi connectivity index (χ0n) is 8.03. The molecule has 0 fully saturated rings. The van der Waals surface area contributed by atoms with Crippen LogP contribution in [-0.4, -0.2) is 35.3 Å². The maximum Gasteiger partial charge on any atom is 0.139 e. The standard InChI is InChI=1S/C8H19N3O2/c1-7(12)4-6-10-5-2-3-8(9)11-13/h7,10,12-13H,2-6H2,1H3,(H2,9,11). The summed E-state index contributed by atoms with van der Waals surface area (Å²) >= 11 is 0. The Hall–Kier alpha value is -0.810. The quantitative estimate of drug-likeness (QED) is 0.148. The molecule has 0 amide bonds. The summed E-state index contributed by atoms with van der Waals surface area (Å²) in [5.74, 6) is 0.261. The van der Waals surface area contributed by atoms with Gasteiger partial charge in [0.1, 0.15) is 5.84 Å². The fraction of sp³-hybridized carbons (Fsp3) is 0.875. The summed E-state index contributed by atoms with van der Waals surface area (Å²) < 4.78 is 0. The van der Waals surface area contributed by atoms with E-state index < -0.39 is 0 Å². The molecule has 0 aliphatic heterocycles. The molecule has 13 heavy (non-hydrogen) atoms. The van der Waals surface area contributed by atoms with E-state index in [1.807, 2.05) is 0 Å². The second kappa shape index (κ2) is 7.82. The van der Waals surface area contributed by atoms with Gasteiger partial charge in [0.05, 0.1) is 6.10 Å². The Morgan fingerprint density at radius 1 is 1.54 bits per heavy atom. The van der Waals surface area contributed by atoms with Crippen molar-refractivity contribution in [3.8, 4) is 0 Å². The SMILES string of the molecule is CC(O)CCNCCCC(N)=NO. The largest absolute Gasteiger partial charge is 0.409 e. The number of amidine groups is 1. The molecule has 0 rings (SSSR count). The molecule has 0 saturated carbocycles. The van der Waals surface area contributed by atoms with Crippen molar-refractivity contribution in [3.63, 3.8) is 0 Å². The van der Waals surface area contributed by atoms with E-state index in [1.54, 1.807) is 6.92 Å². The van der Waals surface area contributed by atoms with Crippen molar-refractivity contribution in [2.45, 2.75) is 32.3 Å². The number of nitrogens with zero attached hydrogens (tertiary/aromatic N) is 1. The lowest BCUT2D eigenvalue weighted by Crippen LogP contribution is -2.21.